The Morgan fingerprint density at radius 2 is 0.781 bits per heavy atom. The lowest BCUT2D eigenvalue weighted by molar-refractivity contribution is -0.889. The molecule has 0 rings (SSSR count). The third-order valence-corrected chi connectivity index (χ3v) is 12.9. The third kappa shape index (κ3) is 45.2. The van der Waals surface area contributed by atoms with Gasteiger partial charge < -0.3 is 28.6 Å². The van der Waals surface area contributed by atoms with E-state index >= 15 is 0 Å². The van der Waals surface area contributed by atoms with Crippen molar-refractivity contribution >= 4 is 17.9 Å². The highest BCUT2D eigenvalue weighted by Gasteiger charge is 2.25. The van der Waals surface area contributed by atoms with Crippen LogP contribution in [0.15, 0.2) is 12.2 Å². The summed E-state index contributed by atoms with van der Waals surface area (Å²) in [6, 6.07) is -0.724. The van der Waals surface area contributed by atoms with E-state index in [4.69, 9.17) is 14.2 Å². The Bertz CT molecular complexity index is 1060. The molecule has 0 saturated carbocycles. The molecule has 378 valence electrons. The Kier molecular flexibility index (Phi) is 46.1. The second-order valence-corrected chi connectivity index (χ2v) is 20.2. The predicted octanol–water partition coefficient (Wildman–Crippen LogP) is 14.9. The van der Waals surface area contributed by atoms with Crippen LogP contribution in [0.5, 0.6) is 0 Å². The number of carbonyl (C=O) groups excluding carboxylic acids is 3. The Labute approximate surface area is 397 Å². The van der Waals surface area contributed by atoms with Crippen LogP contribution in [0.25, 0.3) is 0 Å². The molecule has 8 heteroatoms. The summed E-state index contributed by atoms with van der Waals surface area (Å²) in [6.45, 7) is 4.71. The molecule has 0 bridgehead atoms. The number of aliphatic carboxylic acids is 1. The molecule has 0 saturated heterocycles. The molecule has 64 heavy (non-hydrogen) atoms. The van der Waals surface area contributed by atoms with E-state index in [0.29, 0.717) is 12.8 Å². The van der Waals surface area contributed by atoms with Gasteiger partial charge in [-0.05, 0) is 38.5 Å². The molecule has 0 aromatic heterocycles. The lowest BCUT2D eigenvalue weighted by atomic mass is 10.0. The van der Waals surface area contributed by atoms with Crippen LogP contribution in [-0.2, 0) is 28.6 Å². The average molecular weight is 906 g/mol. The first kappa shape index (κ1) is 62.1. The summed E-state index contributed by atoms with van der Waals surface area (Å²) < 4.78 is 17.3. The van der Waals surface area contributed by atoms with Crippen molar-refractivity contribution in [3.05, 3.63) is 12.2 Å². The average Bonchev–Trinajstić information content (AvgIpc) is 3.26. The van der Waals surface area contributed by atoms with E-state index < -0.39 is 18.1 Å². The van der Waals surface area contributed by atoms with Crippen LogP contribution in [0, 0.1) is 0 Å². The number of hydrogen-bond acceptors (Lipinski definition) is 7. The lowest BCUT2D eigenvalue weighted by Gasteiger charge is -2.34. The van der Waals surface area contributed by atoms with Crippen LogP contribution < -0.4 is 5.11 Å². The maximum absolute atomic E-state index is 12.8. The fourth-order valence-electron chi connectivity index (χ4n) is 8.60. The first-order chi connectivity index (χ1) is 31.1. The zero-order valence-corrected chi connectivity index (χ0v) is 43.2. The molecule has 0 heterocycles. The second-order valence-electron chi connectivity index (χ2n) is 20.2. The number of ether oxygens (including phenoxy) is 3. The van der Waals surface area contributed by atoms with Crippen molar-refractivity contribution in [1.82, 2.24) is 0 Å². The Balaban J connectivity index is 4.15. The minimum atomic E-state index is -1.12. The van der Waals surface area contributed by atoms with Crippen molar-refractivity contribution < 1.29 is 38.2 Å². The summed E-state index contributed by atoms with van der Waals surface area (Å²) in [6.07, 6.45) is 53.9. The van der Waals surface area contributed by atoms with Gasteiger partial charge in [0.2, 0.25) is 0 Å². The first-order valence-corrected chi connectivity index (χ1v) is 27.7. The number of rotatable bonds is 51. The third-order valence-electron chi connectivity index (χ3n) is 12.9. The summed E-state index contributed by atoms with van der Waals surface area (Å²) in [4.78, 5) is 37.1. The predicted molar refractivity (Wildman–Crippen MR) is 268 cm³/mol. The van der Waals surface area contributed by atoms with Gasteiger partial charge in [-0.25, -0.2) is 0 Å². The zero-order valence-electron chi connectivity index (χ0n) is 43.2. The van der Waals surface area contributed by atoms with Gasteiger partial charge >= 0.3 is 11.9 Å². The molecule has 0 aromatic carbocycles. The summed E-state index contributed by atoms with van der Waals surface area (Å²) in [5.41, 5.74) is 0. The molecule has 0 amide bonds. The number of nitrogens with zero attached hydrogens (tertiary/aromatic N) is 1. The van der Waals surface area contributed by atoms with Crippen LogP contribution in [-0.4, -0.2) is 75.5 Å². The van der Waals surface area contributed by atoms with Gasteiger partial charge in [-0.1, -0.05) is 231 Å². The lowest BCUT2D eigenvalue weighted by Crippen LogP contribution is -2.55. The number of hydrogen-bond donors (Lipinski definition) is 0. The summed E-state index contributed by atoms with van der Waals surface area (Å²) in [7, 11) is 5.43. The van der Waals surface area contributed by atoms with E-state index in [0.717, 1.165) is 51.4 Å². The van der Waals surface area contributed by atoms with Gasteiger partial charge in [0.15, 0.2) is 6.10 Å². The molecule has 0 aliphatic rings. The normalized spacial score (nSPS) is 12.8. The Hall–Kier alpha value is -1.93. The van der Waals surface area contributed by atoms with E-state index in [1.807, 2.05) is 21.1 Å². The van der Waals surface area contributed by atoms with Crippen molar-refractivity contribution in [2.24, 2.45) is 0 Å². The molecular formula is C56H107NO7. The molecule has 0 spiro atoms. The van der Waals surface area contributed by atoms with E-state index in [1.165, 1.54) is 193 Å². The van der Waals surface area contributed by atoms with Crippen LogP contribution in [0.1, 0.15) is 277 Å². The minimum Gasteiger partial charge on any atom is -0.544 e. The molecule has 0 aliphatic carbocycles. The van der Waals surface area contributed by atoms with Gasteiger partial charge in [-0.15, -0.1) is 0 Å². The smallest absolute Gasteiger partial charge is 0.306 e. The van der Waals surface area contributed by atoms with E-state index in [1.54, 1.807) is 0 Å². The van der Waals surface area contributed by atoms with Crippen molar-refractivity contribution in [2.45, 2.75) is 289 Å². The molecule has 8 nitrogen and oxygen atoms in total. The highest BCUT2D eigenvalue weighted by molar-refractivity contribution is 5.70. The standard InChI is InChI=1S/C56H107NO7/c1-6-8-10-12-14-16-18-20-22-24-26-27-28-29-31-32-34-36-38-40-42-44-46-54(58)63-51-52(50-62-49-48-53(56(60)61)57(3,4)5)64-55(59)47-45-43-41-39-37-35-33-30-25-23-21-19-17-15-13-11-9-7-2/h30,33,52-53H,6-29,31-32,34-51H2,1-5H3/b33-30+. The van der Waals surface area contributed by atoms with Gasteiger partial charge in [-0.2, -0.15) is 0 Å². The van der Waals surface area contributed by atoms with Gasteiger partial charge in [-0.3, -0.25) is 9.59 Å². The molecule has 0 aliphatic heterocycles. The van der Waals surface area contributed by atoms with Gasteiger partial charge in [0.1, 0.15) is 12.6 Å². The van der Waals surface area contributed by atoms with E-state index in [9.17, 15) is 19.5 Å². The molecule has 0 aromatic rings. The number of carboxylic acids is 1. The second kappa shape index (κ2) is 47.6. The number of unbranched alkanes of at least 4 members (excludes halogenated alkanes) is 35. The number of esters is 2. The summed E-state index contributed by atoms with van der Waals surface area (Å²) in [5.74, 6) is -1.72. The van der Waals surface area contributed by atoms with Crippen molar-refractivity contribution in [2.75, 3.05) is 41.0 Å². The van der Waals surface area contributed by atoms with Crippen molar-refractivity contribution in [3.63, 3.8) is 0 Å². The maximum Gasteiger partial charge on any atom is 0.306 e. The Morgan fingerprint density at radius 1 is 0.453 bits per heavy atom. The quantitative estimate of drug-likeness (QED) is 0.0259. The summed E-state index contributed by atoms with van der Waals surface area (Å²) in [5, 5.41) is 11.7. The minimum absolute atomic E-state index is 0.0436. The number of quaternary nitrogens is 1. The Morgan fingerprint density at radius 3 is 1.12 bits per heavy atom. The largest absolute Gasteiger partial charge is 0.544 e. The monoisotopic (exact) mass is 906 g/mol. The molecular weight excluding hydrogens is 799 g/mol. The van der Waals surface area contributed by atoms with Crippen LogP contribution in [0.4, 0.5) is 0 Å². The van der Waals surface area contributed by atoms with Gasteiger partial charge in [0.25, 0.3) is 0 Å². The van der Waals surface area contributed by atoms with Crippen LogP contribution in [0.2, 0.25) is 0 Å². The van der Waals surface area contributed by atoms with Gasteiger partial charge in [0.05, 0.1) is 40.3 Å². The number of carboxylic acid groups (broad SMARTS) is 1. The molecule has 0 N–H and O–H groups in total. The van der Waals surface area contributed by atoms with Crippen molar-refractivity contribution in [3.8, 4) is 0 Å². The SMILES string of the molecule is CCCCCCCCCCC/C=C/CCCCCCCC(=O)OC(COCCC(C(=O)[O-])[N+](C)(C)C)COC(=O)CCCCCCCCCCCCCCCCCCCCCCCC. The number of likely N-dealkylation sites (N-methyl/N-ethyl adjacent to an activating group) is 1. The van der Waals surface area contributed by atoms with Crippen LogP contribution >= 0.6 is 0 Å². The highest BCUT2D eigenvalue weighted by Crippen LogP contribution is 2.17. The fourth-order valence-corrected chi connectivity index (χ4v) is 8.60. The summed E-state index contributed by atoms with van der Waals surface area (Å²) >= 11 is 0. The molecule has 2 unspecified atom stereocenters. The van der Waals surface area contributed by atoms with E-state index in [-0.39, 0.29) is 42.7 Å². The van der Waals surface area contributed by atoms with E-state index in [2.05, 4.69) is 26.0 Å². The fraction of sp³-hybridized carbons (Fsp3) is 0.911. The van der Waals surface area contributed by atoms with Crippen molar-refractivity contribution in [1.29, 1.82) is 0 Å². The highest BCUT2D eigenvalue weighted by atomic mass is 16.6. The zero-order chi connectivity index (χ0) is 47.0. The molecule has 0 fully saturated rings. The van der Waals surface area contributed by atoms with Crippen LogP contribution in [0.3, 0.4) is 0 Å². The van der Waals surface area contributed by atoms with Gasteiger partial charge in [0, 0.05) is 19.3 Å². The number of carbonyl (C=O) groups is 3. The molecule has 0 radical (unpaired) electrons. The maximum atomic E-state index is 12.8. The molecule has 2 atom stereocenters. The topological polar surface area (TPSA) is 102 Å². The first-order valence-electron chi connectivity index (χ1n) is 27.7. The number of allylic oxidation sites excluding steroid dienone is 2.